The molecule has 0 saturated heterocycles. The molecule has 2 aromatic carbocycles. The predicted octanol–water partition coefficient (Wildman–Crippen LogP) is 4.65. The van der Waals surface area contributed by atoms with Crippen molar-refractivity contribution < 1.29 is 14.3 Å². The summed E-state index contributed by atoms with van der Waals surface area (Å²) in [6.45, 7) is -0.408. The fourth-order valence-corrected chi connectivity index (χ4v) is 3.50. The second-order valence-corrected chi connectivity index (χ2v) is 7.48. The molecule has 0 saturated carbocycles. The van der Waals surface area contributed by atoms with Gasteiger partial charge in [0.25, 0.3) is 5.91 Å². The molecule has 0 spiro atoms. The summed E-state index contributed by atoms with van der Waals surface area (Å²) >= 11 is 7.17. The van der Waals surface area contributed by atoms with Gasteiger partial charge in [0, 0.05) is 33.9 Å². The molecule has 4 rings (SSSR count). The van der Waals surface area contributed by atoms with Gasteiger partial charge in [-0.2, -0.15) is 0 Å². The molecular formula is C21H15ClN4O3S. The molecule has 7 nitrogen and oxygen atoms in total. The average molecular weight is 439 g/mol. The van der Waals surface area contributed by atoms with Crippen LogP contribution in [0.4, 0.5) is 5.13 Å². The molecule has 0 unspecified atom stereocenters. The van der Waals surface area contributed by atoms with Crippen LogP contribution in [0.1, 0.15) is 10.4 Å². The average Bonchev–Trinajstić information content (AvgIpc) is 3.45. The first-order valence-corrected chi connectivity index (χ1v) is 10.1. The van der Waals surface area contributed by atoms with Crippen LogP contribution in [-0.4, -0.2) is 33.4 Å². The molecule has 0 radical (unpaired) electrons. The first-order valence-electron chi connectivity index (χ1n) is 8.87. The summed E-state index contributed by atoms with van der Waals surface area (Å²) < 4.78 is 5.09. The number of esters is 1. The first kappa shape index (κ1) is 19.8. The summed E-state index contributed by atoms with van der Waals surface area (Å²) in [5.41, 5.74) is 2.80. The number of anilines is 1. The molecule has 0 aliphatic carbocycles. The van der Waals surface area contributed by atoms with E-state index in [2.05, 4.69) is 20.3 Å². The number of H-pyrrole nitrogens is 1. The maximum Gasteiger partial charge on any atom is 0.338 e. The van der Waals surface area contributed by atoms with E-state index >= 15 is 0 Å². The number of amides is 1. The molecule has 9 heteroatoms. The van der Waals surface area contributed by atoms with Gasteiger partial charge in [-0.05, 0) is 24.3 Å². The molecular weight excluding hydrogens is 424 g/mol. The zero-order chi connectivity index (χ0) is 20.9. The van der Waals surface area contributed by atoms with Crippen LogP contribution in [0.25, 0.3) is 22.6 Å². The highest BCUT2D eigenvalue weighted by Crippen LogP contribution is 2.26. The minimum Gasteiger partial charge on any atom is -0.452 e. The number of hydrogen-bond acceptors (Lipinski definition) is 6. The third-order valence-electron chi connectivity index (χ3n) is 4.12. The van der Waals surface area contributed by atoms with E-state index in [1.807, 2.05) is 17.5 Å². The number of benzene rings is 2. The topological polar surface area (TPSA) is 97.0 Å². The van der Waals surface area contributed by atoms with Gasteiger partial charge in [0.05, 0.1) is 11.3 Å². The molecule has 4 aromatic rings. The fourth-order valence-electron chi connectivity index (χ4n) is 2.64. The van der Waals surface area contributed by atoms with E-state index in [4.69, 9.17) is 16.3 Å². The lowest BCUT2D eigenvalue weighted by atomic mass is 10.1. The molecule has 30 heavy (non-hydrogen) atoms. The van der Waals surface area contributed by atoms with Crippen LogP contribution in [0.15, 0.2) is 66.3 Å². The standard InChI is InChI=1S/C21H15ClN4O3S/c22-16-7-5-13(6-8-16)17-12-30-21(25-17)26-18(27)11-29-20(28)15-3-1-14(2-4-15)19-23-9-10-24-19/h1-10,12H,11H2,(H,23,24)(H,25,26,27). The van der Waals surface area contributed by atoms with Crippen molar-refractivity contribution in [1.82, 2.24) is 15.0 Å². The number of aromatic amines is 1. The summed E-state index contributed by atoms with van der Waals surface area (Å²) in [6.07, 6.45) is 3.37. The normalized spacial score (nSPS) is 10.6. The summed E-state index contributed by atoms with van der Waals surface area (Å²) in [5.74, 6) is -0.347. The van der Waals surface area contributed by atoms with Crippen LogP contribution >= 0.6 is 22.9 Å². The Morgan fingerprint density at radius 1 is 1.07 bits per heavy atom. The van der Waals surface area contributed by atoms with Crippen molar-refractivity contribution >= 4 is 39.9 Å². The Morgan fingerprint density at radius 2 is 1.80 bits per heavy atom. The quantitative estimate of drug-likeness (QED) is 0.427. The van der Waals surface area contributed by atoms with Gasteiger partial charge in [-0.3, -0.25) is 10.1 Å². The predicted molar refractivity (Wildman–Crippen MR) is 115 cm³/mol. The molecule has 2 N–H and O–H groups in total. The van der Waals surface area contributed by atoms with Gasteiger partial charge >= 0.3 is 5.97 Å². The van der Waals surface area contributed by atoms with Gasteiger partial charge in [-0.1, -0.05) is 35.9 Å². The summed E-state index contributed by atoms with van der Waals surface area (Å²) in [7, 11) is 0. The van der Waals surface area contributed by atoms with Crippen LogP contribution in [0.2, 0.25) is 5.02 Å². The maximum absolute atomic E-state index is 12.2. The number of nitrogens with zero attached hydrogens (tertiary/aromatic N) is 2. The van der Waals surface area contributed by atoms with Crippen LogP contribution < -0.4 is 5.32 Å². The van der Waals surface area contributed by atoms with E-state index in [1.54, 1.807) is 48.8 Å². The highest BCUT2D eigenvalue weighted by molar-refractivity contribution is 7.14. The number of carbonyl (C=O) groups excluding carboxylic acids is 2. The molecule has 0 bridgehead atoms. The Hall–Kier alpha value is -3.49. The van der Waals surface area contributed by atoms with E-state index in [1.165, 1.54) is 11.3 Å². The third-order valence-corrected chi connectivity index (χ3v) is 5.13. The van der Waals surface area contributed by atoms with Crippen molar-refractivity contribution in [2.75, 3.05) is 11.9 Å². The molecule has 2 heterocycles. The number of hydrogen-bond donors (Lipinski definition) is 2. The zero-order valence-corrected chi connectivity index (χ0v) is 17.0. The van der Waals surface area contributed by atoms with Crippen molar-refractivity contribution in [3.63, 3.8) is 0 Å². The van der Waals surface area contributed by atoms with E-state index < -0.39 is 18.5 Å². The smallest absolute Gasteiger partial charge is 0.338 e. The van der Waals surface area contributed by atoms with E-state index in [0.717, 1.165) is 16.8 Å². The first-order chi connectivity index (χ1) is 14.6. The van der Waals surface area contributed by atoms with Crippen molar-refractivity contribution in [1.29, 1.82) is 0 Å². The van der Waals surface area contributed by atoms with E-state index in [0.29, 0.717) is 21.5 Å². The van der Waals surface area contributed by atoms with E-state index in [9.17, 15) is 9.59 Å². The molecule has 2 aromatic heterocycles. The van der Waals surface area contributed by atoms with Gasteiger partial charge in [0.15, 0.2) is 11.7 Å². The Bertz CT molecular complexity index is 1160. The Morgan fingerprint density at radius 3 is 2.50 bits per heavy atom. The number of halogens is 1. The van der Waals surface area contributed by atoms with Crippen molar-refractivity contribution in [2.45, 2.75) is 0 Å². The van der Waals surface area contributed by atoms with Gasteiger partial charge in [-0.15, -0.1) is 11.3 Å². The molecule has 0 atom stereocenters. The SMILES string of the molecule is O=C(COC(=O)c1ccc(-c2ncc[nH]2)cc1)Nc1nc(-c2ccc(Cl)cc2)cs1. The van der Waals surface area contributed by atoms with Crippen LogP contribution in [0.3, 0.4) is 0 Å². The maximum atomic E-state index is 12.2. The number of thiazole rings is 1. The lowest BCUT2D eigenvalue weighted by Crippen LogP contribution is -2.20. The number of ether oxygens (including phenoxy) is 1. The number of nitrogens with one attached hydrogen (secondary N) is 2. The second kappa shape index (κ2) is 8.89. The van der Waals surface area contributed by atoms with Crippen molar-refractivity contribution in [3.8, 4) is 22.6 Å². The molecule has 0 aliphatic rings. The van der Waals surface area contributed by atoms with Gasteiger partial charge < -0.3 is 9.72 Å². The Balaban J connectivity index is 1.30. The number of carbonyl (C=O) groups is 2. The molecule has 0 fully saturated rings. The largest absolute Gasteiger partial charge is 0.452 e. The Kier molecular flexibility index (Phi) is 5.87. The lowest BCUT2D eigenvalue weighted by Gasteiger charge is -2.05. The summed E-state index contributed by atoms with van der Waals surface area (Å²) in [4.78, 5) is 35.8. The highest BCUT2D eigenvalue weighted by Gasteiger charge is 2.13. The monoisotopic (exact) mass is 438 g/mol. The fraction of sp³-hybridized carbons (Fsp3) is 0.0476. The molecule has 150 valence electrons. The zero-order valence-electron chi connectivity index (χ0n) is 15.5. The molecule has 0 aliphatic heterocycles. The minimum absolute atomic E-state index is 0.345. The minimum atomic E-state index is -0.586. The van der Waals surface area contributed by atoms with Gasteiger partial charge in [0.1, 0.15) is 5.82 Å². The third kappa shape index (κ3) is 4.73. The van der Waals surface area contributed by atoms with Gasteiger partial charge in [0.2, 0.25) is 0 Å². The molecule has 1 amide bonds. The Labute approximate surface area is 180 Å². The summed E-state index contributed by atoms with van der Waals surface area (Å²) in [6, 6.07) is 14.0. The number of imidazole rings is 1. The number of aromatic nitrogens is 3. The van der Waals surface area contributed by atoms with Crippen molar-refractivity contribution in [3.05, 3.63) is 76.9 Å². The van der Waals surface area contributed by atoms with Crippen LogP contribution in [0, 0.1) is 0 Å². The van der Waals surface area contributed by atoms with E-state index in [-0.39, 0.29) is 0 Å². The highest BCUT2D eigenvalue weighted by atomic mass is 35.5. The van der Waals surface area contributed by atoms with Gasteiger partial charge in [-0.25, -0.2) is 14.8 Å². The van der Waals surface area contributed by atoms with Crippen LogP contribution in [0.5, 0.6) is 0 Å². The van der Waals surface area contributed by atoms with Crippen molar-refractivity contribution in [2.24, 2.45) is 0 Å². The lowest BCUT2D eigenvalue weighted by molar-refractivity contribution is -0.119. The van der Waals surface area contributed by atoms with Crippen LogP contribution in [-0.2, 0) is 9.53 Å². The summed E-state index contributed by atoms with van der Waals surface area (Å²) in [5, 5.41) is 5.51. The number of rotatable bonds is 6. The second-order valence-electron chi connectivity index (χ2n) is 6.18.